The summed E-state index contributed by atoms with van der Waals surface area (Å²) >= 11 is 0. The zero-order valence-electron chi connectivity index (χ0n) is 10.0. The van der Waals surface area contributed by atoms with Gasteiger partial charge in [0.25, 0.3) is 0 Å². The Kier molecular flexibility index (Phi) is 3.77. The van der Waals surface area contributed by atoms with Gasteiger partial charge in [-0.3, -0.25) is 4.21 Å². The van der Waals surface area contributed by atoms with Crippen molar-refractivity contribution in [2.45, 2.75) is 17.6 Å². The van der Waals surface area contributed by atoms with E-state index in [1.807, 2.05) is 31.2 Å². The van der Waals surface area contributed by atoms with E-state index >= 15 is 0 Å². The number of benzene rings is 2. The molecule has 0 saturated heterocycles. The van der Waals surface area contributed by atoms with E-state index in [1.165, 1.54) is 18.2 Å². The lowest BCUT2D eigenvalue weighted by molar-refractivity contribution is 0.623. The van der Waals surface area contributed by atoms with Crippen LogP contribution in [0.5, 0.6) is 0 Å². The van der Waals surface area contributed by atoms with Gasteiger partial charge in [-0.15, -0.1) is 0 Å². The minimum Gasteiger partial charge on any atom is -0.398 e. The van der Waals surface area contributed by atoms with Crippen LogP contribution in [0.25, 0.3) is 0 Å². The number of anilines is 1. The fourth-order valence-electron chi connectivity index (χ4n) is 1.62. The fraction of sp³-hybridized carbons (Fsp3) is 0.143. The first-order valence-corrected chi connectivity index (χ1v) is 6.87. The number of nitrogens with two attached hydrogens (primary N) is 1. The Morgan fingerprint density at radius 3 is 2.50 bits per heavy atom. The summed E-state index contributed by atoms with van der Waals surface area (Å²) in [5, 5.41) is 0. The van der Waals surface area contributed by atoms with Gasteiger partial charge in [0, 0.05) is 5.69 Å². The van der Waals surface area contributed by atoms with E-state index in [0.717, 1.165) is 11.1 Å². The summed E-state index contributed by atoms with van der Waals surface area (Å²) in [5.74, 6) is -0.0787. The zero-order chi connectivity index (χ0) is 13.1. The molecule has 2 rings (SSSR count). The number of aryl methyl sites for hydroxylation is 1. The van der Waals surface area contributed by atoms with E-state index in [4.69, 9.17) is 5.73 Å². The molecule has 0 aliphatic carbocycles. The summed E-state index contributed by atoms with van der Waals surface area (Å²) in [6.45, 7) is 1.99. The van der Waals surface area contributed by atoms with Gasteiger partial charge in [-0.1, -0.05) is 29.8 Å². The van der Waals surface area contributed by atoms with Gasteiger partial charge in [-0.25, -0.2) is 4.39 Å². The molecule has 2 N–H and O–H groups in total. The van der Waals surface area contributed by atoms with Crippen LogP contribution in [-0.4, -0.2) is 4.21 Å². The monoisotopic (exact) mass is 263 g/mol. The van der Waals surface area contributed by atoms with Crippen molar-refractivity contribution < 1.29 is 8.60 Å². The zero-order valence-corrected chi connectivity index (χ0v) is 10.8. The van der Waals surface area contributed by atoms with Gasteiger partial charge in [-0.2, -0.15) is 0 Å². The van der Waals surface area contributed by atoms with Gasteiger partial charge < -0.3 is 5.73 Å². The highest BCUT2D eigenvalue weighted by Crippen LogP contribution is 2.20. The Morgan fingerprint density at radius 2 is 1.83 bits per heavy atom. The van der Waals surface area contributed by atoms with E-state index in [-0.39, 0.29) is 0 Å². The molecule has 0 heterocycles. The first kappa shape index (κ1) is 12.8. The Balaban J connectivity index is 2.21. The molecule has 0 amide bonds. The van der Waals surface area contributed by atoms with Crippen molar-refractivity contribution in [3.8, 4) is 0 Å². The SMILES string of the molecule is Cc1ccc(CS(=O)c2cc(F)ccc2N)cc1. The van der Waals surface area contributed by atoms with Gasteiger partial charge in [0.05, 0.1) is 21.4 Å². The summed E-state index contributed by atoms with van der Waals surface area (Å²) in [5.41, 5.74) is 8.17. The summed E-state index contributed by atoms with van der Waals surface area (Å²) < 4.78 is 25.2. The van der Waals surface area contributed by atoms with Gasteiger partial charge in [0.2, 0.25) is 0 Å². The quantitative estimate of drug-likeness (QED) is 0.865. The van der Waals surface area contributed by atoms with E-state index in [0.29, 0.717) is 16.3 Å². The molecule has 2 aromatic rings. The first-order chi connectivity index (χ1) is 8.56. The third-order valence-electron chi connectivity index (χ3n) is 2.64. The first-order valence-electron chi connectivity index (χ1n) is 5.55. The second-order valence-corrected chi connectivity index (χ2v) is 5.58. The molecule has 0 radical (unpaired) electrons. The molecule has 1 unspecified atom stereocenters. The smallest absolute Gasteiger partial charge is 0.124 e. The normalized spacial score (nSPS) is 12.3. The van der Waals surface area contributed by atoms with Crippen molar-refractivity contribution in [2.75, 3.05) is 5.73 Å². The number of nitrogen functional groups attached to an aromatic ring is 1. The highest BCUT2D eigenvalue weighted by Gasteiger charge is 2.10. The molecule has 2 aromatic carbocycles. The van der Waals surface area contributed by atoms with E-state index in [2.05, 4.69) is 0 Å². The molecule has 0 aliphatic rings. The van der Waals surface area contributed by atoms with Crippen LogP contribution in [0.4, 0.5) is 10.1 Å². The van der Waals surface area contributed by atoms with Crippen LogP contribution in [0.3, 0.4) is 0 Å². The lowest BCUT2D eigenvalue weighted by Crippen LogP contribution is -2.01. The van der Waals surface area contributed by atoms with Crippen LogP contribution in [-0.2, 0) is 16.6 Å². The molecule has 0 saturated carbocycles. The van der Waals surface area contributed by atoms with Crippen molar-refractivity contribution in [2.24, 2.45) is 0 Å². The van der Waals surface area contributed by atoms with E-state index in [9.17, 15) is 8.60 Å². The summed E-state index contributed by atoms with van der Waals surface area (Å²) in [7, 11) is -1.33. The molecular formula is C14H14FNOS. The minimum absolute atomic E-state index is 0.341. The highest BCUT2D eigenvalue weighted by atomic mass is 32.2. The van der Waals surface area contributed by atoms with Crippen molar-refractivity contribution >= 4 is 16.5 Å². The van der Waals surface area contributed by atoms with Crippen LogP contribution in [0.2, 0.25) is 0 Å². The average molecular weight is 263 g/mol. The summed E-state index contributed by atoms with van der Waals surface area (Å²) in [4.78, 5) is 0.357. The van der Waals surface area contributed by atoms with Crippen LogP contribution >= 0.6 is 0 Å². The second-order valence-electron chi connectivity index (χ2n) is 4.16. The van der Waals surface area contributed by atoms with Crippen molar-refractivity contribution in [1.29, 1.82) is 0 Å². The molecule has 18 heavy (non-hydrogen) atoms. The van der Waals surface area contributed by atoms with Gasteiger partial charge in [-0.05, 0) is 30.7 Å². The average Bonchev–Trinajstić information content (AvgIpc) is 2.35. The topological polar surface area (TPSA) is 43.1 Å². The Morgan fingerprint density at radius 1 is 1.17 bits per heavy atom. The third-order valence-corrected chi connectivity index (χ3v) is 4.08. The minimum atomic E-state index is -1.33. The van der Waals surface area contributed by atoms with Crippen molar-refractivity contribution in [3.63, 3.8) is 0 Å². The third kappa shape index (κ3) is 2.96. The number of hydrogen-bond donors (Lipinski definition) is 1. The lowest BCUT2D eigenvalue weighted by atomic mass is 10.2. The Hall–Kier alpha value is -1.68. The maximum Gasteiger partial charge on any atom is 0.124 e. The number of halogens is 1. The number of hydrogen-bond acceptors (Lipinski definition) is 2. The second kappa shape index (κ2) is 5.31. The van der Waals surface area contributed by atoms with Gasteiger partial charge in [0.15, 0.2) is 0 Å². The fourth-order valence-corrected chi connectivity index (χ4v) is 2.84. The number of rotatable bonds is 3. The molecular weight excluding hydrogens is 249 g/mol. The molecule has 4 heteroatoms. The van der Waals surface area contributed by atoms with Gasteiger partial charge >= 0.3 is 0 Å². The standard InChI is InChI=1S/C14H14FNOS/c1-10-2-4-11(5-3-10)9-18(17)14-8-12(15)6-7-13(14)16/h2-8H,9,16H2,1H3. The predicted molar refractivity (Wildman–Crippen MR) is 72.1 cm³/mol. The molecule has 0 bridgehead atoms. The molecule has 0 aliphatic heterocycles. The van der Waals surface area contributed by atoms with E-state index in [1.54, 1.807) is 0 Å². The predicted octanol–water partition coefficient (Wildman–Crippen LogP) is 3.02. The molecule has 1 atom stereocenters. The Bertz CT molecular complexity index is 581. The van der Waals surface area contributed by atoms with Crippen molar-refractivity contribution in [3.05, 3.63) is 59.4 Å². The summed E-state index contributed by atoms with van der Waals surface area (Å²) in [6.07, 6.45) is 0. The highest BCUT2D eigenvalue weighted by molar-refractivity contribution is 7.84. The lowest BCUT2D eigenvalue weighted by Gasteiger charge is -2.06. The van der Waals surface area contributed by atoms with Crippen molar-refractivity contribution in [1.82, 2.24) is 0 Å². The van der Waals surface area contributed by atoms with Gasteiger partial charge in [0.1, 0.15) is 5.82 Å². The van der Waals surface area contributed by atoms with E-state index < -0.39 is 16.6 Å². The summed E-state index contributed by atoms with van der Waals surface area (Å²) in [6, 6.07) is 11.7. The van der Waals surface area contributed by atoms with Crippen LogP contribution in [0.1, 0.15) is 11.1 Å². The largest absolute Gasteiger partial charge is 0.398 e. The van der Waals surface area contributed by atoms with Crippen LogP contribution in [0.15, 0.2) is 47.4 Å². The molecule has 0 fully saturated rings. The Labute approximate surface area is 108 Å². The maximum atomic E-state index is 13.1. The molecule has 2 nitrogen and oxygen atoms in total. The van der Waals surface area contributed by atoms with Crippen LogP contribution in [0, 0.1) is 12.7 Å². The van der Waals surface area contributed by atoms with Crippen LogP contribution < -0.4 is 5.73 Å². The molecule has 0 spiro atoms. The molecule has 0 aromatic heterocycles. The maximum absolute atomic E-state index is 13.1. The molecule has 94 valence electrons.